The third kappa shape index (κ3) is 5.00. The lowest BCUT2D eigenvalue weighted by Crippen LogP contribution is -2.50. The molecule has 1 heterocycles. The van der Waals surface area contributed by atoms with Crippen molar-refractivity contribution in [3.8, 4) is 0 Å². The summed E-state index contributed by atoms with van der Waals surface area (Å²) in [5, 5.41) is 2.67. The summed E-state index contributed by atoms with van der Waals surface area (Å²) >= 11 is 0. The molecule has 1 N–H and O–H groups in total. The van der Waals surface area contributed by atoms with Crippen LogP contribution >= 0.6 is 0 Å². The van der Waals surface area contributed by atoms with Gasteiger partial charge in [0.25, 0.3) is 0 Å². The largest absolute Gasteiger partial charge is 0.401 e. The summed E-state index contributed by atoms with van der Waals surface area (Å²) in [4.78, 5) is 2.22. The topological polar surface area (TPSA) is 15.3 Å². The first kappa shape index (κ1) is 16.3. The molecule has 2 rings (SSSR count). The van der Waals surface area contributed by atoms with Crippen LogP contribution in [0.1, 0.15) is 30.4 Å². The summed E-state index contributed by atoms with van der Waals surface area (Å²) in [5.41, 5.74) is 2.42. The summed E-state index contributed by atoms with van der Waals surface area (Å²) in [5.74, 6) is 0.296. The molecule has 5 heteroatoms. The lowest BCUT2D eigenvalue weighted by Gasteiger charge is -2.38. The van der Waals surface area contributed by atoms with Crippen molar-refractivity contribution in [1.82, 2.24) is 10.2 Å². The van der Waals surface area contributed by atoms with Gasteiger partial charge in [-0.25, -0.2) is 0 Å². The van der Waals surface area contributed by atoms with E-state index in [0.717, 1.165) is 19.5 Å². The van der Waals surface area contributed by atoms with Crippen molar-refractivity contribution in [2.75, 3.05) is 26.2 Å². The molecular formula is C16H23F3N2. The van der Waals surface area contributed by atoms with Crippen LogP contribution < -0.4 is 5.32 Å². The number of halogens is 3. The summed E-state index contributed by atoms with van der Waals surface area (Å²) in [6.07, 6.45) is -3.39. The molecule has 1 aliphatic rings. The second-order valence-corrected chi connectivity index (χ2v) is 5.89. The number of benzene rings is 1. The standard InChI is InChI=1S/C16H23F3N2/c1-3-21-9-14(13-6-4-12(2)5-7-13)8-15(10-21)20-11-16(17,18)19/h4-7,14-15,20H,3,8-11H2,1-2H3. The Morgan fingerprint density at radius 1 is 1.19 bits per heavy atom. The van der Waals surface area contributed by atoms with E-state index in [1.807, 2.05) is 6.92 Å². The quantitative estimate of drug-likeness (QED) is 0.917. The minimum Gasteiger partial charge on any atom is -0.305 e. The highest BCUT2D eigenvalue weighted by atomic mass is 19.4. The van der Waals surface area contributed by atoms with E-state index < -0.39 is 12.7 Å². The summed E-state index contributed by atoms with van der Waals surface area (Å²) < 4.78 is 37.1. The van der Waals surface area contributed by atoms with Crippen LogP contribution in [0.15, 0.2) is 24.3 Å². The fourth-order valence-corrected chi connectivity index (χ4v) is 2.94. The van der Waals surface area contributed by atoms with Gasteiger partial charge in [-0.3, -0.25) is 0 Å². The second kappa shape index (κ2) is 6.79. The highest BCUT2D eigenvalue weighted by Gasteiger charge is 2.32. The van der Waals surface area contributed by atoms with Gasteiger partial charge in [0.1, 0.15) is 0 Å². The van der Waals surface area contributed by atoms with E-state index in [9.17, 15) is 13.2 Å². The number of nitrogens with zero attached hydrogens (tertiary/aromatic N) is 1. The van der Waals surface area contributed by atoms with Crippen LogP contribution in [0.4, 0.5) is 13.2 Å². The molecule has 2 nitrogen and oxygen atoms in total. The van der Waals surface area contributed by atoms with Crippen LogP contribution in [0.5, 0.6) is 0 Å². The molecule has 0 saturated carbocycles. The summed E-state index contributed by atoms with van der Waals surface area (Å²) in [7, 11) is 0. The van der Waals surface area contributed by atoms with E-state index in [1.54, 1.807) is 0 Å². The molecule has 0 amide bonds. The SMILES string of the molecule is CCN1CC(NCC(F)(F)F)CC(c2ccc(C)cc2)C1. The number of hydrogen-bond donors (Lipinski definition) is 1. The van der Waals surface area contributed by atoms with Crippen LogP contribution in [-0.4, -0.2) is 43.3 Å². The van der Waals surface area contributed by atoms with Crippen molar-refractivity contribution in [2.45, 2.75) is 38.4 Å². The number of likely N-dealkylation sites (N-methyl/N-ethyl adjacent to an activating group) is 1. The molecule has 0 radical (unpaired) electrons. The molecule has 0 aromatic heterocycles. The average molecular weight is 300 g/mol. The van der Waals surface area contributed by atoms with E-state index >= 15 is 0 Å². The van der Waals surface area contributed by atoms with Crippen LogP contribution in [0, 0.1) is 6.92 Å². The van der Waals surface area contributed by atoms with Crippen LogP contribution in [0.2, 0.25) is 0 Å². The molecule has 1 aromatic carbocycles. The van der Waals surface area contributed by atoms with Gasteiger partial charge in [0.05, 0.1) is 6.54 Å². The molecule has 1 saturated heterocycles. The van der Waals surface area contributed by atoms with Crippen molar-refractivity contribution < 1.29 is 13.2 Å². The maximum absolute atomic E-state index is 12.4. The number of nitrogens with one attached hydrogen (secondary N) is 1. The first-order chi connectivity index (χ1) is 9.87. The zero-order chi connectivity index (χ0) is 15.5. The number of hydrogen-bond acceptors (Lipinski definition) is 2. The number of alkyl halides is 3. The normalized spacial score (nSPS) is 24.2. The van der Waals surface area contributed by atoms with Crippen LogP contribution in [-0.2, 0) is 0 Å². The Labute approximate surface area is 124 Å². The summed E-state index contributed by atoms with van der Waals surface area (Å²) in [6.45, 7) is 5.66. The van der Waals surface area contributed by atoms with Crippen LogP contribution in [0.25, 0.3) is 0 Å². The molecule has 0 spiro atoms. The Balaban J connectivity index is 2.02. The Bertz CT molecular complexity index is 442. The molecular weight excluding hydrogens is 277 g/mol. The van der Waals surface area contributed by atoms with E-state index in [2.05, 4.69) is 41.4 Å². The van der Waals surface area contributed by atoms with Gasteiger partial charge in [-0.1, -0.05) is 36.8 Å². The Hall–Kier alpha value is -1.07. The van der Waals surface area contributed by atoms with Gasteiger partial charge in [0, 0.05) is 19.1 Å². The molecule has 1 aromatic rings. The third-order valence-corrected chi connectivity index (χ3v) is 4.11. The van der Waals surface area contributed by atoms with Gasteiger partial charge in [-0.2, -0.15) is 13.2 Å². The van der Waals surface area contributed by atoms with E-state index in [4.69, 9.17) is 0 Å². The van der Waals surface area contributed by atoms with Gasteiger partial charge in [-0.05, 0) is 31.4 Å². The average Bonchev–Trinajstić information content (AvgIpc) is 2.45. The minimum atomic E-state index is -4.14. The molecule has 2 unspecified atom stereocenters. The van der Waals surface area contributed by atoms with Crippen LogP contribution in [0.3, 0.4) is 0 Å². The second-order valence-electron chi connectivity index (χ2n) is 5.89. The molecule has 21 heavy (non-hydrogen) atoms. The molecule has 0 bridgehead atoms. The van der Waals surface area contributed by atoms with Gasteiger partial charge >= 0.3 is 6.18 Å². The molecule has 1 aliphatic heterocycles. The van der Waals surface area contributed by atoms with Crippen molar-refractivity contribution >= 4 is 0 Å². The molecule has 0 aliphatic carbocycles. The molecule has 118 valence electrons. The third-order valence-electron chi connectivity index (χ3n) is 4.11. The zero-order valence-electron chi connectivity index (χ0n) is 12.6. The van der Waals surface area contributed by atoms with Crippen molar-refractivity contribution in [2.24, 2.45) is 0 Å². The predicted octanol–water partition coefficient (Wildman–Crippen LogP) is 3.32. The van der Waals surface area contributed by atoms with Gasteiger partial charge in [-0.15, -0.1) is 0 Å². The highest BCUT2D eigenvalue weighted by molar-refractivity contribution is 5.25. The fraction of sp³-hybridized carbons (Fsp3) is 0.625. The maximum atomic E-state index is 12.4. The predicted molar refractivity (Wildman–Crippen MR) is 78.5 cm³/mol. The van der Waals surface area contributed by atoms with Crippen molar-refractivity contribution in [3.63, 3.8) is 0 Å². The Kier molecular flexibility index (Phi) is 5.27. The summed E-state index contributed by atoms with van der Waals surface area (Å²) in [6, 6.07) is 8.23. The van der Waals surface area contributed by atoms with Gasteiger partial charge in [0.2, 0.25) is 0 Å². The number of likely N-dealkylation sites (tertiary alicyclic amines) is 1. The van der Waals surface area contributed by atoms with Crippen molar-refractivity contribution in [3.05, 3.63) is 35.4 Å². The Morgan fingerprint density at radius 3 is 2.43 bits per heavy atom. The number of aryl methyl sites for hydroxylation is 1. The highest BCUT2D eigenvalue weighted by Crippen LogP contribution is 2.27. The maximum Gasteiger partial charge on any atom is 0.401 e. The molecule has 2 atom stereocenters. The lowest BCUT2D eigenvalue weighted by atomic mass is 9.87. The Morgan fingerprint density at radius 2 is 1.86 bits per heavy atom. The number of piperidine rings is 1. The van der Waals surface area contributed by atoms with Gasteiger partial charge in [0.15, 0.2) is 0 Å². The van der Waals surface area contributed by atoms with E-state index in [0.29, 0.717) is 12.5 Å². The van der Waals surface area contributed by atoms with E-state index in [-0.39, 0.29) is 6.04 Å². The zero-order valence-corrected chi connectivity index (χ0v) is 12.6. The first-order valence-electron chi connectivity index (χ1n) is 7.46. The monoisotopic (exact) mass is 300 g/mol. The first-order valence-corrected chi connectivity index (χ1v) is 7.46. The minimum absolute atomic E-state index is 0.105. The van der Waals surface area contributed by atoms with E-state index in [1.165, 1.54) is 11.1 Å². The smallest absolute Gasteiger partial charge is 0.305 e. The number of rotatable bonds is 4. The van der Waals surface area contributed by atoms with Crippen molar-refractivity contribution in [1.29, 1.82) is 0 Å². The lowest BCUT2D eigenvalue weighted by molar-refractivity contribution is -0.127. The molecule has 1 fully saturated rings. The fourth-order valence-electron chi connectivity index (χ4n) is 2.94. The van der Waals surface area contributed by atoms with Gasteiger partial charge < -0.3 is 10.2 Å².